The molecule has 0 fully saturated rings. The zero-order valence-electron chi connectivity index (χ0n) is 9.41. The Balaban J connectivity index is 2.31. The van der Waals surface area contributed by atoms with Gasteiger partial charge in [0.25, 0.3) is 0 Å². The minimum absolute atomic E-state index is 0.296. The van der Waals surface area contributed by atoms with Crippen molar-refractivity contribution in [2.45, 2.75) is 33.5 Å². The summed E-state index contributed by atoms with van der Waals surface area (Å²) in [4.78, 5) is 0. The van der Waals surface area contributed by atoms with Crippen LogP contribution < -0.4 is 0 Å². The highest BCUT2D eigenvalue weighted by Crippen LogP contribution is 2.27. The molecule has 1 heterocycles. The lowest BCUT2D eigenvalue weighted by Gasteiger charge is -2.06. The van der Waals surface area contributed by atoms with Gasteiger partial charge in [0.15, 0.2) is 0 Å². The van der Waals surface area contributed by atoms with Crippen LogP contribution in [0.2, 0.25) is 0 Å². The van der Waals surface area contributed by atoms with E-state index in [1.54, 1.807) is 11.3 Å². The molecule has 1 nitrogen and oxygen atoms in total. The first kappa shape index (κ1) is 10.7. The van der Waals surface area contributed by atoms with E-state index < -0.39 is 0 Å². The highest BCUT2D eigenvalue weighted by Gasteiger charge is 2.04. The molecule has 0 aliphatic rings. The van der Waals surface area contributed by atoms with Gasteiger partial charge in [0.2, 0.25) is 0 Å². The third-order valence-electron chi connectivity index (χ3n) is 2.38. The number of aryl methyl sites for hydroxylation is 1. The number of fused-ring (bicyclic) bond motifs is 1. The lowest BCUT2D eigenvalue weighted by molar-refractivity contribution is 0.0666. The van der Waals surface area contributed by atoms with Crippen molar-refractivity contribution >= 4 is 21.4 Å². The molecular formula is C13H16OS. The SMILES string of the molecule is Cc1ccc2scc(COC(C)C)c2c1. The topological polar surface area (TPSA) is 9.23 Å². The second-order valence-corrected chi connectivity index (χ2v) is 5.03. The minimum Gasteiger partial charge on any atom is -0.374 e. The minimum atomic E-state index is 0.296. The number of hydrogen-bond acceptors (Lipinski definition) is 2. The third kappa shape index (κ3) is 2.39. The molecular weight excluding hydrogens is 204 g/mol. The van der Waals surface area contributed by atoms with Crippen molar-refractivity contribution < 1.29 is 4.74 Å². The predicted molar refractivity (Wildman–Crippen MR) is 66.5 cm³/mol. The molecule has 0 spiro atoms. The predicted octanol–water partition coefficient (Wildman–Crippen LogP) is 4.13. The van der Waals surface area contributed by atoms with Crippen LogP contribution in [0.3, 0.4) is 0 Å². The fraction of sp³-hybridized carbons (Fsp3) is 0.385. The maximum atomic E-state index is 5.64. The zero-order valence-corrected chi connectivity index (χ0v) is 10.2. The number of hydrogen-bond donors (Lipinski definition) is 0. The van der Waals surface area contributed by atoms with Crippen LogP contribution in [0.5, 0.6) is 0 Å². The summed E-state index contributed by atoms with van der Waals surface area (Å²) in [5.41, 5.74) is 2.62. The van der Waals surface area contributed by atoms with Crippen LogP contribution in [0, 0.1) is 6.92 Å². The monoisotopic (exact) mass is 220 g/mol. The Kier molecular flexibility index (Phi) is 3.08. The van der Waals surface area contributed by atoms with E-state index in [9.17, 15) is 0 Å². The molecule has 0 bridgehead atoms. The summed E-state index contributed by atoms with van der Waals surface area (Å²) in [6.45, 7) is 6.99. The molecule has 15 heavy (non-hydrogen) atoms. The summed E-state index contributed by atoms with van der Waals surface area (Å²) in [5, 5.41) is 3.55. The van der Waals surface area contributed by atoms with Gasteiger partial charge in [-0.3, -0.25) is 0 Å². The largest absolute Gasteiger partial charge is 0.374 e. The van der Waals surface area contributed by atoms with Crippen LogP contribution in [0.1, 0.15) is 25.0 Å². The van der Waals surface area contributed by atoms with Gasteiger partial charge >= 0.3 is 0 Å². The molecule has 0 unspecified atom stereocenters. The average molecular weight is 220 g/mol. The summed E-state index contributed by atoms with van der Waals surface area (Å²) in [6.07, 6.45) is 0.296. The van der Waals surface area contributed by atoms with E-state index in [1.165, 1.54) is 21.2 Å². The van der Waals surface area contributed by atoms with Gasteiger partial charge in [0, 0.05) is 4.70 Å². The summed E-state index contributed by atoms with van der Waals surface area (Å²) < 4.78 is 6.99. The smallest absolute Gasteiger partial charge is 0.0734 e. The van der Waals surface area contributed by atoms with E-state index in [0.29, 0.717) is 6.10 Å². The van der Waals surface area contributed by atoms with Gasteiger partial charge in [-0.1, -0.05) is 17.7 Å². The van der Waals surface area contributed by atoms with Crippen molar-refractivity contribution in [2.75, 3.05) is 0 Å². The number of ether oxygens (including phenoxy) is 1. The van der Waals surface area contributed by atoms with Crippen LogP contribution in [0.15, 0.2) is 23.6 Å². The first-order valence-corrected chi connectivity index (χ1v) is 6.13. The van der Waals surface area contributed by atoms with Crippen LogP contribution in [0.25, 0.3) is 10.1 Å². The number of thiophene rings is 1. The van der Waals surface area contributed by atoms with Crippen molar-refractivity contribution in [3.8, 4) is 0 Å². The Morgan fingerprint density at radius 3 is 2.87 bits per heavy atom. The van der Waals surface area contributed by atoms with Gasteiger partial charge in [-0.05, 0) is 43.2 Å². The lowest BCUT2D eigenvalue weighted by Crippen LogP contribution is -2.01. The molecule has 0 N–H and O–H groups in total. The van der Waals surface area contributed by atoms with Crippen LogP contribution >= 0.6 is 11.3 Å². The van der Waals surface area contributed by atoms with Crippen molar-refractivity contribution in [1.82, 2.24) is 0 Å². The fourth-order valence-electron chi connectivity index (χ4n) is 1.56. The normalized spacial score (nSPS) is 11.5. The molecule has 0 radical (unpaired) electrons. The van der Waals surface area contributed by atoms with Gasteiger partial charge in [-0.25, -0.2) is 0 Å². The van der Waals surface area contributed by atoms with Crippen LogP contribution in [-0.4, -0.2) is 6.10 Å². The molecule has 0 aliphatic carbocycles. The molecule has 2 rings (SSSR count). The van der Waals surface area contributed by atoms with Gasteiger partial charge in [-0.15, -0.1) is 11.3 Å². The highest BCUT2D eigenvalue weighted by molar-refractivity contribution is 7.17. The van der Waals surface area contributed by atoms with Crippen LogP contribution in [0.4, 0.5) is 0 Å². The first-order chi connectivity index (χ1) is 7.16. The van der Waals surface area contributed by atoms with E-state index in [1.807, 2.05) is 0 Å². The van der Waals surface area contributed by atoms with E-state index in [-0.39, 0.29) is 0 Å². The molecule has 0 saturated carbocycles. The summed E-state index contributed by atoms with van der Waals surface area (Å²) >= 11 is 1.79. The third-order valence-corrected chi connectivity index (χ3v) is 3.39. The second kappa shape index (κ2) is 4.33. The van der Waals surface area contributed by atoms with Crippen molar-refractivity contribution in [2.24, 2.45) is 0 Å². The van der Waals surface area contributed by atoms with Gasteiger partial charge in [0.05, 0.1) is 12.7 Å². The molecule has 2 heteroatoms. The van der Waals surface area contributed by atoms with E-state index in [2.05, 4.69) is 44.4 Å². The first-order valence-electron chi connectivity index (χ1n) is 5.25. The molecule has 0 atom stereocenters. The Bertz CT molecular complexity index is 457. The maximum Gasteiger partial charge on any atom is 0.0734 e. The average Bonchev–Trinajstić information content (AvgIpc) is 2.57. The summed E-state index contributed by atoms with van der Waals surface area (Å²) in [5.74, 6) is 0. The molecule has 0 amide bonds. The van der Waals surface area contributed by atoms with Crippen LogP contribution in [-0.2, 0) is 11.3 Å². The second-order valence-electron chi connectivity index (χ2n) is 4.12. The van der Waals surface area contributed by atoms with Crippen molar-refractivity contribution in [3.05, 3.63) is 34.7 Å². The Labute approximate surface area is 94.7 Å². The Hall–Kier alpha value is -0.860. The summed E-state index contributed by atoms with van der Waals surface area (Å²) in [6, 6.07) is 6.59. The van der Waals surface area contributed by atoms with Crippen molar-refractivity contribution in [3.63, 3.8) is 0 Å². The highest BCUT2D eigenvalue weighted by atomic mass is 32.1. The standard InChI is InChI=1S/C13H16OS/c1-9(2)14-7-11-8-15-13-5-4-10(3)6-12(11)13/h4-6,8-9H,7H2,1-3H3. The molecule has 1 aromatic carbocycles. The quantitative estimate of drug-likeness (QED) is 0.755. The van der Waals surface area contributed by atoms with Crippen molar-refractivity contribution in [1.29, 1.82) is 0 Å². The van der Waals surface area contributed by atoms with Gasteiger partial charge in [-0.2, -0.15) is 0 Å². The van der Waals surface area contributed by atoms with E-state index in [4.69, 9.17) is 4.74 Å². The van der Waals surface area contributed by atoms with Gasteiger partial charge < -0.3 is 4.74 Å². The fourth-order valence-corrected chi connectivity index (χ4v) is 2.49. The lowest BCUT2D eigenvalue weighted by atomic mass is 10.1. The maximum absolute atomic E-state index is 5.64. The molecule has 0 saturated heterocycles. The molecule has 80 valence electrons. The van der Waals surface area contributed by atoms with Gasteiger partial charge in [0.1, 0.15) is 0 Å². The number of benzene rings is 1. The number of rotatable bonds is 3. The van der Waals surface area contributed by atoms with E-state index >= 15 is 0 Å². The van der Waals surface area contributed by atoms with E-state index in [0.717, 1.165) is 6.61 Å². The molecule has 0 aliphatic heterocycles. The Morgan fingerprint density at radius 2 is 2.13 bits per heavy atom. The summed E-state index contributed by atoms with van der Waals surface area (Å²) in [7, 11) is 0. The molecule has 2 aromatic rings. The zero-order chi connectivity index (χ0) is 10.8. The molecule has 1 aromatic heterocycles. The Morgan fingerprint density at radius 1 is 1.33 bits per heavy atom.